The van der Waals surface area contributed by atoms with Gasteiger partial charge in [0.25, 0.3) is 5.91 Å². The third-order valence-corrected chi connectivity index (χ3v) is 11.0. The molecule has 1 aliphatic carbocycles. The zero-order chi connectivity index (χ0) is 33.4. The van der Waals surface area contributed by atoms with Crippen LogP contribution >= 0.6 is 23.4 Å². The van der Waals surface area contributed by atoms with Crippen molar-refractivity contribution in [3.63, 3.8) is 0 Å². The van der Waals surface area contributed by atoms with Gasteiger partial charge in [-0.1, -0.05) is 43.0 Å². The van der Waals surface area contributed by atoms with E-state index in [1.54, 1.807) is 40.8 Å². The van der Waals surface area contributed by atoms with E-state index in [0.717, 1.165) is 17.8 Å². The lowest BCUT2D eigenvalue weighted by atomic mass is 9.85. The van der Waals surface area contributed by atoms with Crippen molar-refractivity contribution in [1.29, 1.82) is 0 Å². The first-order valence-corrected chi connectivity index (χ1v) is 19.6. The molecule has 0 saturated heterocycles. The van der Waals surface area contributed by atoms with Gasteiger partial charge in [-0.3, -0.25) is 14.6 Å². The molecule has 0 bridgehead atoms. The average molecular weight is 678 g/mol. The number of carbonyl (C=O) groups is 3. The molecule has 1 aliphatic heterocycles. The number of amides is 3. The van der Waals surface area contributed by atoms with E-state index in [1.807, 2.05) is 0 Å². The lowest BCUT2D eigenvalue weighted by Crippen LogP contribution is -2.48. The summed E-state index contributed by atoms with van der Waals surface area (Å²) < 4.78 is 26.4. The van der Waals surface area contributed by atoms with Gasteiger partial charge in [0.2, 0.25) is 5.91 Å². The summed E-state index contributed by atoms with van der Waals surface area (Å²) in [4.78, 5) is 50.1. The molecule has 4 rings (SSSR count). The largest absolute Gasteiger partial charge is 0.443 e. The fourth-order valence-corrected chi connectivity index (χ4v) is 7.56. The topological polar surface area (TPSA) is 122 Å². The van der Waals surface area contributed by atoms with Crippen LogP contribution in [-0.2, 0) is 19.8 Å². The van der Waals surface area contributed by atoms with Crippen LogP contribution in [0.5, 0.6) is 0 Å². The van der Waals surface area contributed by atoms with Gasteiger partial charge in [0.1, 0.15) is 28.6 Å². The number of thioether (sulfide) groups is 1. The van der Waals surface area contributed by atoms with Crippen molar-refractivity contribution in [1.82, 2.24) is 15.2 Å². The van der Waals surface area contributed by atoms with Gasteiger partial charge in [-0.15, -0.1) is 0 Å². The van der Waals surface area contributed by atoms with Crippen molar-refractivity contribution < 1.29 is 28.2 Å². The summed E-state index contributed by atoms with van der Waals surface area (Å²) in [6, 6.07) is 8.11. The number of ether oxygens (including phenoxy) is 2. The smallest absolute Gasteiger partial charge is 0.418 e. The Morgan fingerprint density at radius 3 is 2.51 bits per heavy atom. The normalized spacial score (nSPS) is 22.5. The number of hydrogen-bond acceptors (Lipinski definition) is 8. The number of aromatic nitrogens is 1. The Bertz CT molecular complexity index is 1500. The molecular formula is C31H41ClFN5O5SSi. The number of fused-ring (bicyclic) bond motifs is 1. The second-order valence-corrected chi connectivity index (χ2v) is 21.0. The highest BCUT2D eigenvalue weighted by Crippen LogP contribution is 2.66. The number of halogens is 2. The predicted molar refractivity (Wildman–Crippen MR) is 178 cm³/mol. The Kier molecular flexibility index (Phi) is 10.1. The number of rotatable bonds is 9. The van der Waals surface area contributed by atoms with Gasteiger partial charge in [0.05, 0.1) is 10.6 Å². The first-order valence-electron chi connectivity index (χ1n) is 14.7. The number of pyridine rings is 1. The number of carbonyl (C=O) groups excluding carboxylic acids is 3. The number of amidine groups is 1. The molecule has 1 aromatic carbocycles. The third-order valence-electron chi connectivity index (χ3n) is 7.59. The number of hydrogen-bond donors (Lipinski definition) is 2. The van der Waals surface area contributed by atoms with Crippen LogP contribution in [-0.4, -0.2) is 71.8 Å². The van der Waals surface area contributed by atoms with Crippen molar-refractivity contribution in [3.05, 3.63) is 58.6 Å². The molecule has 45 heavy (non-hydrogen) atoms. The Labute approximate surface area is 273 Å². The van der Waals surface area contributed by atoms with Crippen LogP contribution in [0, 0.1) is 11.7 Å². The molecular weight excluding hydrogens is 637 g/mol. The summed E-state index contributed by atoms with van der Waals surface area (Å²) in [7, 11) is 0.129. The van der Waals surface area contributed by atoms with Gasteiger partial charge in [0.15, 0.2) is 5.17 Å². The number of aliphatic imine (C=N–C) groups is 1. The molecule has 244 valence electrons. The highest BCUT2D eigenvalue weighted by molar-refractivity contribution is 8.16. The van der Waals surface area contributed by atoms with E-state index in [2.05, 4.69) is 35.3 Å². The number of nitrogens with zero attached hydrogens (tertiary/aromatic N) is 3. The maximum Gasteiger partial charge on any atom is 0.418 e. The summed E-state index contributed by atoms with van der Waals surface area (Å²) in [6.45, 7) is 14.0. The van der Waals surface area contributed by atoms with Crippen LogP contribution in [0.15, 0.2) is 41.5 Å². The molecule has 0 unspecified atom stereocenters. The van der Waals surface area contributed by atoms with Crippen molar-refractivity contribution in [2.24, 2.45) is 10.9 Å². The van der Waals surface area contributed by atoms with Gasteiger partial charge in [-0.05, 0) is 70.5 Å². The first-order chi connectivity index (χ1) is 20.9. The first kappa shape index (κ1) is 34.9. The van der Waals surface area contributed by atoms with Gasteiger partial charge in [-0.25, -0.2) is 19.1 Å². The van der Waals surface area contributed by atoms with Crippen LogP contribution in [0.2, 0.25) is 30.7 Å². The van der Waals surface area contributed by atoms with E-state index in [9.17, 15) is 14.4 Å². The molecule has 1 aromatic heterocycles. The monoisotopic (exact) mass is 677 g/mol. The minimum absolute atomic E-state index is 0.133. The molecule has 2 heterocycles. The highest BCUT2D eigenvalue weighted by atomic mass is 35.5. The van der Waals surface area contributed by atoms with Crippen LogP contribution in [0.4, 0.5) is 14.9 Å². The summed E-state index contributed by atoms with van der Waals surface area (Å²) in [5.74, 6) is -1.72. The van der Waals surface area contributed by atoms with Crippen molar-refractivity contribution in [3.8, 4) is 0 Å². The molecule has 0 spiro atoms. The van der Waals surface area contributed by atoms with E-state index in [4.69, 9.17) is 26.1 Å². The highest BCUT2D eigenvalue weighted by Gasteiger charge is 2.71. The zero-order valence-electron chi connectivity index (χ0n) is 26.9. The number of nitrogens with one attached hydrogen (secondary N) is 2. The van der Waals surface area contributed by atoms with Crippen LogP contribution in [0.1, 0.15) is 50.2 Å². The van der Waals surface area contributed by atoms with E-state index < -0.39 is 47.7 Å². The maximum absolute atomic E-state index is 15.7. The number of anilines is 1. The molecule has 1 fully saturated rings. The third kappa shape index (κ3) is 8.05. The predicted octanol–water partition coefficient (Wildman–Crippen LogP) is 6.50. The minimum atomic E-state index is -1.41. The fraction of sp³-hybridized carbons (Fsp3) is 0.516. The minimum Gasteiger partial charge on any atom is -0.443 e. The molecule has 3 atom stereocenters. The molecule has 2 aliphatic rings. The van der Waals surface area contributed by atoms with Crippen LogP contribution in [0.3, 0.4) is 0 Å². The Morgan fingerprint density at radius 1 is 1.20 bits per heavy atom. The van der Waals surface area contributed by atoms with Crippen LogP contribution in [0.25, 0.3) is 0 Å². The molecule has 14 heteroatoms. The molecule has 1 saturated carbocycles. The molecule has 10 nitrogen and oxygen atoms in total. The van der Waals surface area contributed by atoms with Crippen molar-refractivity contribution >= 4 is 60.2 Å². The van der Waals surface area contributed by atoms with Crippen molar-refractivity contribution in [2.45, 2.75) is 75.7 Å². The summed E-state index contributed by atoms with van der Waals surface area (Å²) >= 11 is 7.06. The van der Waals surface area contributed by atoms with E-state index >= 15 is 4.39 Å². The second-order valence-electron chi connectivity index (χ2n) is 13.6. The van der Waals surface area contributed by atoms with Crippen molar-refractivity contribution in [2.75, 3.05) is 25.7 Å². The Balaban J connectivity index is 1.74. The van der Waals surface area contributed by atoms with E-state index in [0.29, 0.717) is 23.7 Å². The second kappa shape index (κ2) is 13.0. The van der Waals surface area contributed by atoms with E-state index in [-0.39, 0.29) is 29.1 Å². The molecule has 2 aromatic rings. The molecule has 0 radical (unpaired) electrons. The lowest BCUT2D eigenvalue weighted by molar-refractivity contribution is -0.121. The summed E-state index contributed by atoms with van der Waals surface area (Å²) in [5, 5.41) is 6.06. The quantitative estimate of drug-likeness (QED) is 0.177. The summed E-state index contributed by atoms with van der Waals surface area (Å²) in [6.07, 6.45) is 1.07. The molecule has 3 amide bonds. The SMILES string of the molecule is CNC(=O)[C@]12C[C@H]1[C@@](C)(c1cc(NC(=O)c3ccc(Cl)cn3)ccc1F)N=C(N(COCC[Si](C)(C)C)C(=O)OC(C)(C)C)S2. The zero-order valence-corrected chi connectivity index (χ0v) is 29.5. The van der Waals surface area contributed by atoms with E-state index in [1.165, 1.54) is 35.4 Å². The van der Waals surface area contributed by atoms with Gasteiger partial charge < -0.3 is 20.1 Å². The fourth-order valence-electron chi connectivity index (χ4n) is 5.08. The van der Waals surface area contributed by atoms with Gasteiger partial charge in [0, 0.05) is 45.1 Å². The standard InChI is InChI=1S/C31H41ClFN5O5SSi/c1-29(2,3)43-28(41)38(18-42-13-14-45(6,7)8)27-37-30(4,24-16-31(24,44-27)26(40)34-5)21-15-20(10-11-22(21)33)36-25(39)23-12-9-19(32)17-35-23/h9-12,15,17,24H,13-14,16,18H2,1-8H3,(H,34,40)(H,36,39)/t24-,30+,31-/m0/s1. The molecule has 2 N–H and O–H groups in total. The Hall–Kier alpha value is -3.00. The maximum atomic E-state index is 15.7. The Morgan fingerprint density at radius 2 is 1.91 bits per heavy atom. The van der Waals surface area contributed by atoms with Crippen LogP contribution < -0.4 is 10.6 Å². The number of benzene rings is 1. The average Bonchev–Trinajstić information content (AvgIpc) is 3.69. The van der Waals surface area contributed by atoms with Gasteiger partial charge in [-0.2, -0.15) is 0 Å². The van der Waals surface area contributed by atoms with Gasteiger partial charge >= 0.3 is 6.09 Å². The lowest BCUT2D eigenvalue weighted by Gasteiger charge is -2.37. The summed E-state index contributed by atoms with van der Waals surface area (Å²) in [5.41, 5.74) is -1.48.